The van der Waals surface area contributed by atoms with Gasteiger partial charge in [-0.2, -0.15) is 0 Å². The second kappa shape index (κ2) is 4.18. The summed E-state index contributed by atoms with van der Waals surface area (Å²) in [6, 6.07) is 0. The summed E-state index contributed by atoms with van der Waals surface area (Å²) in [5.74, 6) is 1.98. The van der Waals surface area contributed by atoms with Gasteiger partial charge in [0.2, 0.25) is 0 Å². The van der Waals surface area contributed by atoms with Gasteiger partial charge in [0.05, 0.1) is 5.60 Å². The quantitative estimate of drug-likeness (QED) is 0.667. The molecule has 0 bridgehead atoms. The zero-order valence-corrected chi connectivity index (χ0v) is 11.2. The monoisotopic (exact) mass is 222 g/mol. The topological polar surface area (TPSA) is 20.2 Å². The fourth-order valence-corrected chi connectivity index (χ4v) is 3.51. The molecule has 1 nitrogen and oxygen atoms in total. The normalized spacial score (nSPS) is 36.2. The molecule has 16 heavy (non-hydrogen) atoms. The molecule has 0 aliphatic heterocycles. The van der Waals surface area contributed by atoms with Crippen molar-refractivity contribution in [2.75, 3.05) is 0 Å². The number of hydrogen-bond donors (Lipinski definition) is 1. The number of hydrogen-bond acceptors (Lipinski definition) is 1. The Hall–Kier alpha value is -0.300. The maximum atomic E-state index is 10.2. The minimum absolute atomic E-state index is 0.461. The van der Waals surface area contributed by atoms with Crippen LogP contribution in [-0.4, -0.2) is 10.7 Å². The van der Waals surface area contributed by atoms with Gasteiger partial charge in [0.1, 0.15) is 0 Å². The number of aliphatic hydroxyl groups is 1. The Bertz CT molecular complexity index is 295. The second-order valence-corrected chi connectivity index (χ2v) is 6.52. The van der Waals surface area contributed by atoms with E-state index in [1.165, 1.54) is 25.7 Å². The Morgan fingerprint density at radius 3 is 2.25 bits per heavy atom. The van der Waals surface area contributed by atoms with E-state index in [0.717, 1.165) is 18.3 Å². The predicted octanol–water partition coefficient (Wildman–Crippen LogP) is 3.92. The Morgan fingerprint density at radius 1 is 1.00 bits per heavy atom. The molecule has 0 heterocycles. The molecule has 0 fully saturated rings. The summed E-state index contributed by atoms with van der Waals surface area (Å²) in [6.07, 6.45) is 6.25. The van der Waals surface area contributed by atoms with Crippen molar-refractivity contribution >= 4 is 0 Å². The lowest BCUT2D eigenvalue weighted by atomic mass is 9.81. The van der Waals surface area contributed by atoms with Crippen LogP contribution in [0.4, 0.5) is 0 Å². The lowest BCUT2D eigenvalue weighted by molar-refractivity contribution is 0.0119. The van der Waals surface area contributed by atoms with E-state index in [4.69, 9.17) is 0 Å². The van der Waals surface area contributed by atoms with Gasteiger partial charge in [-0.25, -0.2) is 0 Å². The number of rotatable bonds is 1. The van der Waals surface area contributed by atoms with Gasteiger partial charge in [0.15, 0.2) is 0 Å². The van der Waals surface area contributed by atoms with Crippen molar-refractivity contribution in [3.05, 3.63) is 11.1 Å². The minimum Gasteiger partial charge on any atom is -0.390 e. The van der Waals surface area contributed by atoms with Crippen molar-refractivity contribution in [1.82, 2.24) is 0 Å². The van der Waals surface area contributed by atoms with Crippen LogP contribution in [-0.2, 0) is 0 Å². The summed E-state index contributed by atoms with van der Waals surface area (Å²) in [5, 5.41) is 10.2. The summed E-state index contributed by atoms with van der Waals surface area (Å²) < 4.78 is 0. The fraction of sp³-hybridized carbons (Fsp3) is 0.867. The molecule has 1 heteroatoms. The SMILES string of the molecule is CC1CC[C@@H](C(C)(C)O)CC2=C1CCC2C. The fourth-order valence-electron chi connectivity index (χ4n) is 3.51. The van der Waals surface area contributed by atoms with Crippen molar-refractivity contribution in [1.29, 1.82) is 0 Å². The Morgan fingerprint density at radius 2 is 1.62 bits per heavy atom. The molecule has 0 amide bonds. The maximum absolute atomic E-state index is 10.2. The molecule has 2 aliphatic rings. The van der Waals surface area contributed by atoms with Crippen molar-refractivity contribution in [3.63, 3.8) is 0 Å². The van der Waals surface area contributed by atoms with Crippen LogP contribution in [0.1, 0.15) is 59.8 Å². The summed E-state index contributed by atoms with van der Waals surface area (Å²) >= 11 is 0. The first kappa shape index (κ1) is 12.2. The molecule has 0 spiro atoms. The highest BCUT2D eigenvalue weighted by atomic mass is 16.3. The van der Waals surface area contributed by atoms with Crippen LogP contribution in [0, 0.1) is 17.8 Å². The molecule has 2 aliphatic carbocycles. The third-order valence-corrected chi connectivity index (χ3v) is 4.86. The molecule has 0 saturated heterocycles. The van der Waals surface area contributed by atoms with Gasteiger partial charge < -0.3 is 5.11 Å². The van der Waals surface area contributed by atoms with Crippen LogP contribution in [0.25, 0.3) is 0 Å². The van der Waals surface area contributed by atoms with Crippen molar-refractivity contribution in [3.8, 4) is 0 Å². The largest absolute Gasteiger partial charge is 0.390 e. The van der Waals surface area contributed by atoms with E-state index in [-0.39, 0.29) is 0 Å². The van der Waals surface area contributed by atoms with E-state index in [1.54, 1.807) is 11.1 Å². The van der Waals surface area contributed by atoms with Gasteiger partial charge in [0, 0.05) is 0 Å². The van der Waals surface area contributed by atoms with Gasteiger partial charge in [0.25, 0.3) is 0 Å². The smallest absolute Gasteiger partial charge is 0.0622 e. The van der Waals surface area contributed by atoms with E-state index in [0.29, 0.717) is 5.92 Å². The summed E-state index contributed by atoms with van der Waals surface area (Å²) in [6.45, 7) is 8.70. The first-order valence-electron chi connectivity index (χ1n) is 6.83. The Labute approximate surface area is 99.9 Å². The molecule has 2 unspecified atom stereocenters. The first-order chi connectivity index (χ1) is 7.39. The van der Waals surface area contributed by atoms with E-state index < -0.39 is 5.60 Å². The molecule has 0 aromatic rings. The lowest BCUT2D eigenvalue weighted by Crippen LogP contribution is -2.31. The first-order valence-corrected chi connectivity index (χ1v) is 6.83. The molecule has 0 radical (unpaired) electrons. The van der Waals surface area contributed by atoms with Crippen molar-refractivity contribution in [2.45, 2.75) is 65.4 Å². The average molecular weight is 222 g/mol. The highest BCUT2D eigenvalue weighted by Crippen LogP contribution is 2.45. The molecule has 0 aromatic heterocycles. The highest BCUT2D eigenvalue weighted by Gasteiger charge is 2.35. The molecule has 0 saturated carbocycles. The van der Waals surface area contributed by atoms with Crippen LogP contribution < -0.4 is 0 Å². The van der Waals surface area contributed by atoms with Gasteiger partial charge in [-0.05, 0) is 63.7 Å². The molecule has 92 valence electrons. The summed E-state index contributed by atoms with van der Waals surface area (Å²) in [7, 11) is 0. The second-order valence-electron chi connectivity index (χ2n) is 6.52. The third kappa shape index (κ3) is 2.20. The van der Waals surface area contributed by atoms with Crippen molar-refractivity contribution in [2.24, 2.45) is 17.8 Å². The van der Waals surface area contributed by atoms with Gasteiger partial charge in [-0.3, -0.25) is 0 Å². The van der Waals surface area contributed by atoms with Crippen LogP contribution in [0.3, 0.4) is 0 Å². The third-order valence-electron chi connectivity index (χ3n) is 4.86. The summed E-state index contributed by atoms with van der Waals surface area (Å²) in [5.41, 5.74) is 2.92. The average Bonchev–Trinajstić information content (AvgIpc) is 2.42. The Balaban J connectivity index is 2.23. The lowest BCUT2D eigenvalue weighted by Gasteiger charge is -2.30. The minimum atomic E-state index is -0.509. The maximum Gasteiger partial charge on any atom is 0.0622 e. The molecular formula is C15H26O. The standard InChI is InChI=1S/C15H26O/c1-10-5-7-12(15(3,4)16)9-14-11(2)6-8-13(10)14/h10-12,16H,5-9H2,1-4H3/t10?,11?,12-/m1/s1. The van der Waals surface area contributed by atoms with Crippen LogP contribution in [0.15, 0.2) is 11.1 Å². The van der Waals surface area contributed by atoms with Crippen molar-refractivity contribution < 1.29 is 5.11 Å². The van der Waals surface area contributed by atoms with E-state index in [1.807, 2.05) is 13.8 Å². The molecular weight excluding hydrogens is 196 g/mol. The van der Waals surface area contributed by atoms with Crippen LogP contribution in [0.5, 0.6) is 0 Å². The molecule has 3 atom stereocenters. The van der Waals surface area contributed by atoms with Gasteiger partial charge in [-0.1, -0.05) is 25.0 Å². The van der Waals surface area contributed by atoms with Crippen LogP contribution in [0.2, 0.25) is 0 Å². The predicted molar refractivity (Wildman–Crippen MR) is 68.2 cm³/mol. The van der Waals surface area contributed by atoms with E-state index in [2.05, 4.69) is 13.8 Å². The van der Waals surface area contributed by atoms with Gasteiger partial charge >= 0.3 is 0 Å². The molecule has 2 rings (SSSR count). The van der Waals surface area contributed by atoms with E-state index >= 15 is 0 Å². The summed E-state index contributed by atoms with van der Waals surface area (Å²) in [4.78, 5) is 0. The van der Waals surface area contributed by atoms with Crippen LogP contribution >= 0.6 is 0 Å². The molecule has 0 aromatic carbocycles. The zero-order chi connectivity index (χ0) is 11.9. The van der Waals surface area contributed by atoms with Gasteiger partial charge in [-0.15, -0.1) is 0 Å². The zero-order valence-electron chi connectivity index (χ0n) is 11.2. The molecule has 1 N–H and O–H groups in total. The highest BCUT2D eigenvalue weighted by molar-refractivity contribution is 5.26. The Kier molecular flexibility index (Phi) is 3.18. The van der Waals surface area contributed by atoms with E-state index in [9.17, 15) is 5.11 Å². The number of allylic oxidation sites excluding steroid dienone is 2.